The smallest absolute Gasteiger partial charge is 0.230 e. The predicted octanol–water partition coefficient (Wildman–Crippen LogP) is 6.68. The quantitative estimate of drug-likeness (QED) is 0.589. The van der Waals surface area contributed by atoms with Crippen molar-refractivity contribution in [1.82, 2.24) is 0 Å². The molecule has 1 aromatic carbocycles. The highest BCUT2D eigenvalue weighted by atomic mass is 16.5. The number of anilines is 1. The van der Waals surface area contributed by atoms with Gasteiger partial charge in [0.1, 0.15) is 11.9 Å². The van der Waals surface area contributed by atoms with Crippen LogP contribution in [0, 0.1) is 40.9 Å². The number of amides is 1. The van der Waals surface area contributed by atoms with Crippen LogP contribution in [0.25, 0.3) is 0 Å². The normalized spacial score (nSPS) is 39.9. The molecular formula is C27H39NO2. The van der Waals surface area contributed by atoms with Crippen LogP contribution < -0.4 is 10.1 Å². The molecule has 3 unspecified atom stereocenters. The number of benzene rings is 1. The molecule has 3 atom stereocenters. The predicted molar refractivity (Wildman–Crippen MR) is 121 cm³/mol. The van der Waals surface area contributed by atoms with Gasteiger partial charge in [-0.15, -0.1) is 0 Å². The summed E-state index contributed by atoms with van der Waals surface area (Å²) in [6, 6.07) is 8.16. The zero-order chi connectivity index (χ0) is 20.9. The van der Waals surface area contributed by atoms with Crippen LogP contribution in [0.5, 0.6) is 5.75 Å². The van der Waals surface area contributed by atoms with Gasteiger partial charge >= 0.3 is 0 Å². The Morgan fingerprint density at radius 3 is 2.13 bits per heavy atom. The summed E-state index contributed by atoms with van der Waals surface area (Å²) >= 11 is 0. The fraction of sp³-hybridized carbons (Fsp3) is 0.741. The number of carbonyl (C=O) groups is 1. The zero-order valence-corrected chi connectivity index (χ0v) is 19.0. The number of hydrogen-bond acceptors (Lipinski definition) is 2. The molecule has 0 spiro atoms. The Labute approximate surface area is 182 Å². The summed E-state index contributed by atoms with van der Waals surface area (Å²) in [5.41, 5.74) is 0.827. The number of nitrogens with one attached hydrogen (secondary N) is 1. The molecule has 5 fully saturated rings. The second-order valence-electron chi connectivity index (χ2n) is 11.7. The van der Waals surface area contributed by atoms with E-state index in [9.17, 15) is 4.79 Å². The minimum absolute atomic E-state index is 0.0906. The molecule has 0 heterocycles. The lowest BCUT2D eigenvalue weighted by Gasteiger charge is -2.55. The standard InChI is InChI=1S/C27H39NO2/c1-17(2)24-9-4-18(3)10-25(24)30-23-7-5-22(6-8-23)28-26(29)27-14-19-11-20(15-27)13-21(12-19)16-27/h5-8,17-21,24-25H,4,9-16H2,1-3H3,(H,28,29). The van der Waals surface area contributed by atoms with Gasteiger partial charge in [0.2, 0.25) is 5.91 Å². The molecule has 5 aliphatic rings. The van der Waals surface area contributed by atoms with Gasteiger partial charge in [0.25, 0.3) is 0 Å². The summed E-state index contributed by atoms with van der Waals surface area (Å²) in [6.07, 6.45) is 11.5. The van der Waals surface area contributed by atoms with Crippen LogP contribution in [0.4, 0.5) is 5.69 Å². The van der Waals surface area contributed by atoms with Crippen LogP contribution in [0.1, 0.15) is 78.6 Å². The number of rotatable bonds is 5. The van der Waals surface area contributed by atoms with Crippen LogP contribution in [-0.4, -0.2) is 12.0 Å². The lowest BCUT2D eigenvalue weighted by molar-refractivity contribution is -0.140. The van der Waals surface area contributed by atoms with E-state index >= 15 is 0 Å². The van der Waals surface area contributed by atoms with Gasteiger partial charge in [0, 0.05) is 5.69 Å². The van der Waals surface area contributed by atoms with Gasteiger partial charge in [0.15, 0.2) is 0 Å². The highest BCUT2D eigenvalue weighted by molar-refractivity contribution is 5.95. The maximum atomic E-state index is 13.3. The highest BCUT2D eigenvalue weighted by Gasteiger charge is 2.54. The maximum absolute atomic E-state index is 13.3. The van der Waals surface area contributed by atoms with Gasteiger partial charge < -0.3 is 10.1 Å². The molecule has 164 valence electrons. The SMILES string of the molecule is CC1CCC(C(C)C)C(Oc2ccc(NC(=O)C34CC5CC(CC(C5)C3)C4)cc2)C1. The first-order valence-corrected chi connectivity index (χ1v) is 12.5. The molecule has 0 saturated heterocycles. The van der Waals surface area contributed by atoms with E-state index in [2.05, 4.69) is 26.1 Å². The Kier molecular flexibility index (Phi) is 5.35. The van der Waals surface area contributed by atoms with Gasteiger partial charge in [-0.1, -0.05) is 27.2 Å². The van der Waals surface area contributed by atoms with Gasteiger partial charge in [-0.2, -0.15) is 0 Å². The van der Waals surface area contributed by atoms with Crippen LogP contribution >= 0.6 is 0 Å². The highest BCUT2D eigenvalue weighted by Crippen LogP contribution is 2.60. The molecule has 30 heavy (non-hydrogen) atoms. The van der Waals surface area contributed by atoms with Gasteiger partial charge in [-0.3, -0.25) is 4.79 Å². The molecule has 1 amide bonds. The Bertz CT molecular complexity index is 732. The minimum atomic E-state index is -0.0906. The first-order valence-electron chi connectivity index (χ1n) is 12.5. The van der Waals surface area contributed by atoms with Crippen molar-refractivity contribution >= 4 is 11.6 Å². The second-order valence-corrected chi connectivity index (χ2v) is 11.7. The Hall–Kier alpha value is -1.51. The van der Waals surface area contributed by atoms with Crippen molar-refractivity contribution < 1.29 is 9.53 Å². The van der Waals surface area contributed by atoms with E-state index in [1.807, 2.05) is 24.3 Å². The summed E-state index contributed by atoms with van der Waals surface area (Å²) in [6.45, 7) is 6.98. The first kappa shape index (κ1) is 20.4. The van der Waals surface area contributed by atoms with E-state index in [-0.39, 0.29) is 11.3 Å². The van der Waals surface area contributed by atoms with E-state index in [1.165, 1.54) is 32.1 Å². The summed E-state index contributed by atoms with van der Waals surface area (Å²) in [7, 11) is 0. The van der Waals surface area contributed by atoms with Crippen molar-refractivity contribution in [3.63, 3.8) is 0 Å². The van der Waals surface area contributed by atoms with Crippen LogP contribution in [-0.2, 0) is 4.79 Å². The third-order valence-electron chi connectivity index (χ3n) is 8.88. The topological polar surface area (TPSA) is 38.3 Å². The third kappa shape index (κ3) is 3.89. The molecule has 5 aliphatic carbocycles. The summed E-state index contributed by atoms with van der Waals surface area (Å²) in [5.74, 6) is 5.63. The Morgan fingerprint density at radius 1 is 0.967 bits per heavy atom. The average molecular weight is 410 g/mol. The summed E-state index contributed by atoms with van der Waals surface area (Å²) in [4.78, 5) is 13.3. The molecular weight excluding hydrogens is 370 g/mol. The minimum Gasteiger partial charge on any atom is -0.490 e. The van der Waals surface area contributed by atoms with Crippen LogP contribution in [0.15, 0.2) is 24.3 Å². The summed E-state index contributed by atoms with van der Waals surface area (Å²) < 4.78 is 6.45. The Morgan fingerprint density at radius 2 is 1.57 bits per heavy atom. The fourth-order valence-electron chi connectivity index (χ4n) is 7.69. The lowest BCUT2D eigenvalue weighted by Crippen LogP contribution is -2.51. The summed E-state index contributed by atoms with van der Waals surface area (Å²) in [5, 5.41) is 3.27. The van der Waals surface area contributed by atoms with Gasteiger partial charge in [-0.05, 0) is 111 Å². The number of ether oxygens (including phenoxy) is 1. The maximum Gasteiger partial charge on any atom is 0.230 e. The molecule has 1 aromatic rings. The van der Waals surface area contributed by atoms with E-state index in [1.54, 1.807) is 0 Å². The van der Waals surface area contributed by atoms with Crippen molar-refractivity contribution in [2.24, 2.45) is 40.9 Å². The monoisotopic (exact) mass is 409 g/mol. The van der Waals surface area contributed by atoms with Crippen molar-refractivity contribution in [1.29, 1.82) is 0 Å². The van der Waals surface area contributed by atoms with Crippen molar-refractivity contribution in [2.45, 2.75) is 84.7 Å². The van der Waals surface area contributed by atoms with Crippen LogP contribution in [0.3, 0.4) is 0 Å². The molecule has 6 rings (SSSR count). The van der Waals surface area contributed by atoms with E-state index in [4.69, 9.17) is 4.74 Å². The molecule has 0 aromatic heterocycles. The molecule has 5 saturated carbocycles. The first-order chi connectivity index (χ1) is 14.4. The fourth-order valence-corrected chi connectivity index (χ4v) is 7.69. The van der Waals surface area contributed by atoms with Crippen molar-refractivity contribution in [3.05, 3.63) is 24.3 Å². The number of hydrogen-bond donors (Lipinski definition) is 1. The molecule has 4 bridgehead atoms. The number of carbonyl (C=O) groups excluding carboxylic acids is 1. The molecule has 0 radical (unpaired) electrons. The van der Waals surface area contributed by atoms with E-state index < -0.39 is 0 Å². The van der Waals surface area contributed by atoms with Gasteiger partial charge in [-0.25, -0.2) is 0 Å². The van der Waals surface area contributed by atoms with E-state index in [0.717, 1.165) is 60.8 Å². The lowest BCUT2D eigenvalue weighted by atomic mass is 9.49. The Balaban J connectivity index is 1.23. The second kappa shape index (κ2) is 7.88. The molecule has 3 heteroatoms. The van der Waals surface area contributed by atoms with Gasteiger partial charge in [0.05, 0.1) is 5.41 Å². The van der Waals surface area contributed by atoms with Crippen molar-refractivity contribution in [2.75, 3.05) is 5.32 Å². The average Bonchev–Trinajstić information content (AvgIpc) is 2.68. The third-order valence-corrected chi connectivity index (χ3v) is 8.88. The van der Waals surface area contributed by atoms with Crippen molar-refractivity contribution in [3.8, 4) is 5.75 Å². The molecule has 1 N–H and O–H groups in total. The van der Waals surface area contributed by atoms with E-state index in [0.29, 0.717) is 17.9 Å². The molecule has 3 nitrogen and oxygen atoms in total. The molecule has 0 aliphatic heterocycles. The largest absolute Gasteiger partial charge is 0.490 e. The van der Waals surface area contributed by atoms with Crippen LogP contribution in [0.2, 0.25) is 0 Å². The zero-order valence-electron chi connectivity index (χ0n) is 19.0.